The van der Waals surface area contributed by atoms with Gasteiger partial charge in [-0.2, -0.15) is 10.2 Å². The Morgan fingerprint density at radius 3 is 1.77 bits per heavy atom. The highest BCUT2D eigenvalue weighted by Gasteiger charge is 2.08. The minimum atomic E-state index is -0.443. The van der Waals surface area contributed by atoms with Gasteiger partial charge in [0.05, 0.1) is 16.3 Å². The SMILES string of the molecule is CC(C)(C)Nc1ccc(N=Nc2ccc([N+](=O)[O-])cc2)cc1. The average molecular weight is 298 g/mol. The van der Waals surface area contributed by atoms with Crippen LogP contribution in [-0.4, -0.2) is 10.5 Å². The summed E-state index contributed by atoms with van der Waals surface area (Å²) < 4.78 is 0. The molecule has 0 saturated heterocycles. The van der Waals surface area contributed by atoms with Crippen LogP contribution in [0.2, 0.25) is 0 Å². The van der Waals surface area contributed by atoms with Crippen molar-refractivity contribution in [1.82, 2.24) is 0 Å². The molecule has 6 nitrogen and oxygen atoms in total. The van der Waals surface area contributed by atoms with Crippen molar-refractivity contribution in [2.75, 3.05) is 5.32 Å². The van der Waals surface area contributed by atoms with Crippen molar-refractivity contribution < 1.29 is 4.92 Å². The highest BCUT2D eigenvalue weighted by atomic mass is 16.6. The predicted octanol–water partition coefficient (Wildman–Crippen LogP) is 5.22. The van der Waals surface area contributed by atoms with E-state index in [1.807, 2.05) is 24.3 Å². The third-order valence-electron chi connectivity index (χ3n) is 2.73. The first-order chi connectivity index (χ1) is 10.3. The van der Waals surface area contributed by atoms with Crippen LogP contribution in [0.15, 0.2) is 58.8 Å². The summed E-state index contributed by atoms with van der Waals surface area (Å²) >= 11 is 0. The van der Waals surface area contributed by atoms with E-state index in [0.29, 0.717) is 5.69 Å². The second kappa shape index (κ2) is 6.34. The van der Waals surface area contributed by atoms with E-state index in [9.17, 15) is 10.1 Å². The lowest BCUT2D eigenvalue weighted by Gasteiger charge is -2.21. The van der Waals surface area contributed by atoms with Crippen LogP contribution in [0.1, 0.15) is 20.8 Å². The molecule has 0 fully saturated rings. The van der Waals surface area contributed by atoms with Gasteiger partial charge in [0.15, 0.2) is 0 Å². The summed E-state index contributed by atoms with van der Waals surface area (Å²) in [6.45, 7) is 6.28. The van der Waals surface area contributed by atoms with E-state index in [4.69, 9.17) is 0 Å². The number of anilines is 1. The lowest BCUT2D eigenvalue weighted by atomic mass is 10.1. The highest BCUT2D eigenvalue weighted by molar-refractivity contribution is 5.52. The molecule has 2 rings (SSSR count). The van der Waals surface area contributed by atoms with Crippen molar-refractivity contribution >= 4 is 22.7 Å². The zero-order valence-corrected chi connectivity index (χ0v) is 12.8. The summed E-state index contributed by atoms with van der Waals surface area (Å²) in [6.07, 6.45) is 0. The Morgan fingerprint density at radius 1 is 0.909 bits per heavy atom. The second-order valence-electron chi connectivity index (χ2n) is 5.90. The van der Waals surface area contributed by atoms with Gasteiger partial charge in [0.25, 0.3) is 5.69 Å². The number of hydrogen-bond donors (Lipinski definition) is 1. The third kappa shape index (κ3) is 4.66. The topological polar surface area (TPSA) is 79.9 Å². The normalized spacial score (nSPS) is 11.6. The zero-order valence-electron chi connectivity index (χ0n) is 12.8. The Balaban J connectivity index is 2.05. The monoisotopic (exact) mass is 298 g/mol. The van der Waals surface area contributed by atoms with Gasteiger partial charge < -0.3 is 5.32 Å². The van der Waals surface area contributed by atoms with Gasteiger partial charge in [0.2, 0.25) is 0 Å². The first-order valence-electron chi connectivity index (χ1n) is 6.88. The molecule has 0 aliphatic heterocycles. The van der Waals surface area contributed by atoms with E-state index in [1.165, 1.54) is 12.1 Å². The molecule has 0 amide bonds. The minimum absolute atomic E-state index is 0.00178. The van der Waals surface area contributed by atoms with Crippen LogP contribution >= 0.6 is 0 Å². The van der Waals surface area contributed by atoms with Crippen LogP contribution in [0.4, 0.5) is 22.7 Å². The van der Waals surface area contributed by atoms with E-state index in [2.05, 4.69) is 36.3 Å². The first kappa shape index (κ1) is 15.6. The number of hydrogen-bond acceptors (Lipinski definition) is 5. The van der Waals surface area contributed by atoms with E-state index >= 15 is 0 Å². The Labute approximate surface area is 129 Å². The van der Waals surface area contributed by atoms with Crippen molar-refractivity contribution in [3.05, 3.63) is 58.6 Å². The van der Waals surface area contributed by atoms with Crippen molar-refractivity contribution in [1.29, 1.82) is 0 Å². The smallest absolute Gasteiger partial charge is 0.269 e. The lowest BCUT2D eigenvalue weighted by molar-refractivity contribution is -0.384. The molecule has 0 aliphatic carbocycles. The molecule has 0 aromatic heterocycles. The molecule has 0 radical (unpaired) electrons. The molecule has 2 aromatic carbocycles. The molecule has 0 atom stereocenters. The van der Waals surface area contributed by atoms with Gasteiger partial charge in [-0.05, 0) is 57.2 Å². The molecular formula is C16H18N4O2. The van der Waals surface area contributed by atoms with Crippen LogP contribution in [0.3, 0.4) is 0 Å². The van der Waals surface area contributed by atoms with Gasteiger partial charge in [0.1, 0.15) is 0 Å². The van der Waals surface area contributed by atoms with Crippen molar-refractivity contribution in [2.24, 2.45) is 10.2 Å². The van der Waals surface area contributed by atoms with Gasteiger partial charge in [-0.25, -0.2) is 0 Å². The molecule has 0 bridgehead atoms. The standard InChI is InChI=1S/C16H18N4O2/c1-16(2,3)17-12-4-6-13(7-5-12)18-19-14-8-10-15(11-9-14)20(21)22/h4-11,17H,1-3H3. The fourth-order valence-corrected chi connectivity index (χ4v) is 1.80. The molecule has 114 valence electrons. The largest absolute Gasteiger partial charge is 0.380 e. The Bertz CT molecular complexity index is 671. The number of non-ortho nitro benzene ring substituents is 1. The lowest BCUT2D eigenvalue weighted by Crippen LogP contribution is -2.25. The van der Waals surface area contributed by atoms with E-state index in [-0.39, 0.29) is 11.2 Å². The van der Waals surface area contributed by atoms with Crippen molar-refractivity contribution in [3.63, 3.8) is 0 Å². The van der Waals surface area contributed by atoms with E-state index in [1.54, 1.807) is 12.1 Å². The number of nitro benzene ring substituents is 1. The number of azo groups is 1. The zero-order chi connectivity index (χ0) is 16.2. The predicted molar refractivity (Wildman–Crippen MR) is 87.1 cm³/mol. The fourth-order valence-electron chi connectivity index (χ4n) is 1.80. The number of rotatable bonds is 4. The maximum absolute atomic E-state index is 10.6. The molecule has 0 saturated carbocycles. The molecule has 1 N–H and O–H groups in total. The molecular weight excluding hydrogens is 280 g/mol. The van der Waals surface area contributed by atoms with Crippen molar-refractivity contribution in [2.45, 2.75) is 26.3 Å². The molecule has 0 aliphatic rings. The molecule has 0 heterocycles. The maximum atomic E-state index is 10.6. The summed E-state index contributed by atoms with van der Waals surface area (Å²) in [6, 6.07) is 13.6. The van der Waals surface area contributed by atoms with Crippen LogP contribution in [0.25, 0.3) is 0 Å². The molecule has 6 heteroatoms. The Hall–Kier alpha value is -2.76. The van der Waals surface area contributed by atoms with Gasteiger partial charge >= 0.3 is 0 Å². The summed E-state index contributed by atoms with van der Waals surface area (Å²) in [4.78, 5) is 10.1. The molecule has 0 unspecified atom stereocenters. The highest BCUT2D eigenvalue weighted by Crippen LogP contribution is 2.23. The number of nitrogens with one attached hydrogen (secondary N) is 1. The average Bonchev–Trinajstić information content (AvgIpc) is 2.45. The third-order valence-corrected chi connectivity index (χ3v) is 2.73. The van der Waals surface area contributed by atoms with Gasteiger partial charge in [-0.15, -0.1) is 0 Å². The summed E-state index contributed by atoms with van der Waals surface area (Å²) in [5.74, 6) is 0. The summed E-state index contributed by atoms with van der Waals surface area (Å²) in [5.41, 5.74) is 2.35. The summed E-state index contributed by atoms with van der Waals surface area (Å²) in [5, 5.41) is 22.1. The first-order valence-corrected chi connectivity index (χ1v) is 6.88. The van der Waals surface area contributed by atoms with Gasteiger partial charge in [-0.3, -0.25) is 10.1 Å². The second-order valence-corrected chi connectivity index (χ2v) is 5.90. The van der Waals surface area contributed by atoms with E-state index in [0.717, 1.165) is 11.4 Å². The molecule has 2 aromatic rings. The Kier molecular flexibility index (Phi) is 4.50. The van der Waals surface area contributed by atoms with Crippen molar-refractivity contribution in [3.8, 4) is 0 Å². The van der Waals surface area contributed by atoms with Gasteiger partial charge in [0, 0.05) is 23.4 Å². The maximum Gasteiger partial charge on any atom is 0.269 e. The van der Waals surface area contributed by atoms with Crippen LogP contribution in [0, 0.1) is 10.1 Å². The molecule has 22 heavy (non-hydrogen) atoms. The van der Waals surface area contributed by atoms with Crippen LogP contribution in [0.5, 0.6) is 0 Å². The summed E-state index contributed by atoms with van der Waals surface area (Å²) in [7, 11) is 0. The Morgan fingerprint density at radius 2 is 1.36 bits per heavy atom. The number of benzene rings is 2. The molecule has 0 spiro atoms. The quantitative estimate of drug-likeness (QED) is 0.477. The number of nitrogens with zero attached hydrogens (tertiary/aromatic N) is 3. The fraction of sp³-hybridized carbons (Fsp3) is 0.250. The van der Waals surface area contributed by atoms with E-state index < -0.39 is 4.92 Å². The van der Waals surface area contributed by atoms with Gasteiger partial charge in [-0.1, -0.05) is 0 Å². The number of nitro groups is 1. The minimum Gasteiger partial charge on any atom is -0.380 e. The van der Waals surface area contributed by atoms with Crippen LogP contribution < -0.4 is 5.32 Å². The van der Waals surface area contributed by atoms with Crippen LogP contribution in [-0.2, 0) is 0 Å².